The summed E-state index contributed by atoms with van der Waals surface area (Å²) in [5, 5.41) is 2.79. The second-order valence-electron chi connectivity index (χ2n) is 5.17. The molecule has 4 nitrogen and oxygen atoms in total. The number of benzene rings is 1. The van der Waals surface area contributed by atoms with Gasteiger partial charge in [-0.1, -0.05) is 18.2 Å². The van der Waals surface area contributed by atoms with Crippen LogP contribution in [-0.4, -0.2) is 30.5 Å². The minimum Gasteiger partial charge on any atom is -0.357 e. The van der Waals surface area contributed by atoms with E-state index in [2.05, 4.69) is 29.0 Å². The van der Waals surface area contributed by atoms with Crippen LogP contribution in [0.3, 0.4) is 0 Å². The fourth-order valence-electron chi connectivity index (χ4n) is 2.37. The molecule has 0 bridgehead atoms. The van der Waals surface area contributed by atoms with Gasteiger partial charge in [-0.15, -0.1) is 0 Å². The lowest BCUT2D eigenvalue weighted by molar-refractivity contribution is 0.0953. The highest BCUT2D eigenvalue weighted by atomic mass is 19.1. The van der Waals surface area contributed by atoms with Crippen LogP contribution in [0.5, 0.6) is 0 Å². The third kappa shape index (κ3) is 4.52. The first-order valence-electron chi connectivity index (χ1n) is 7.88. The van der Waals surface area contributed by atoms with Crippen LogP contribution in [-0.2, 0) is 6.42 Å². The van der Waals surface area contributed by atoms with Gasteiger partial charge in [0.15, 0.2) is 0 Å². The molecule has 1 aromatic carbocycles. The number of amides is 1. The Morgan fingerprint density at radius 3 is 2.52 bits per heavy atom. The maximum atomic E-state index is 13.5. The van der Waals surface area contributed by atoms with Crippen molar-refractivity contribution in [2.45, 2.75) is 20.3 Å². The Labute approximate surface area is 136 Å². The van der Waals surface area contributed by atoms with E-state index >= 15 is 0 Å². The van der Waals surface area contributed by atoms with Gasteiger partial charge in [0.2, 0.25) is 0 Å². The summed E-state index contributed by atoms with van der Waals surface area (Å²) < 4.78 is 13.5. The molecule has 122 valence electrons. The number of aromatic nitrogens is 1. The van der Waals surface area contributed by atoms with Crippen LogP contribution < -0.4 is 10.2 Å². The second kappa shape index (κ2) is 8.27. The lowest BCUT2D eigenvalue weighted by atomic mass is 10.1. The zero-order valence-corrected chi connectivity index (χ0v) is 13.6. The average Bonchev–Trinajstić information content (AvgIpc) is 2.58. The first-order valence-corrected chi connectivity index (χ1v) is 7.88. The molecular formula is C18H22FN3O. The standard InChI is InChI=1S/C18H22FN3O/c1-3-22(4-2)17-10-9-15(13-21-17)18(23)20-12-11-14-7-5-6-8-16(14)19/h5-10,13H,3-4,11-12H2,1-2H3,(H,20,23). The smallest absolute Gasteiger partial charge is 0.252 e. The number of carbonyl (C=O) groups excluding carboxylic acids is 1. The monoisotopic (exact) mass is 315 g/mol. The Bertz CT molecular complexity index is 639. The van der Waals surface area contributed by atoms with Gasteiger partial charge in [-0.2, -0.15) is 0 Å². The SMILES string of the molecule is CCN(CC)c1ccc(C(=O)NCCc2ccccc2F)cn1. The zero-order valence-electron chi connectivity index (χ0n) is 13.6. The van der Waals surface area contributed by atoms with Gasteiger partial charge >= 0.3 is 0 Å². The number of carbonyl (C=O) groups is 1. The second-order valence-corrected chi connectivity index (χ2v) is 5.17. The van der Waals surface area contributed by atoms with Crippen molar-refractivity contribution < 1.29 is 9.18 Å². The Morgan fingerprint density at radius 1 is 1.17 bits per heavy atom. The average molecular weight is 315 g/mol. The zero-order chi connectivity index (χ0) is 16.7. The lowest BCUT2D eigenvalue weighted by Gasteiger charge is -2.19. The fourth-order valence-corrected chi connectivity index (χ4v) is 2.37. The molecule has 0 fully saturated rings. The first kappa shape index (κ1) is 16.9. The van der Waals surface area contributed by atoms with E-state index in [4.69, 9.17) is 0 Å². The predicted molar refractivity (Wildman–Crippen MR) is 90.2 cm³/mol. The van der Waals surface area contributed by atoms with Crippen molar-refractivity contribution in [3.63, 3.8) is 0 Å². The Kier molecular flexibility index (Phi) is 6.09. The summed E-state index contributed by atoms with van der Waals surface area (Å²) in [7, 11) is 0. The summed E-state index contributed by atoms with van der Waals surface area (Å²) in [6, 6.07) is 10.2. The molecule has 5 heteroatoms. The van der Waals surface area contributed by atoms with Gasteiger partial charge in [-0.25, -0.2) is 9.37 Å². The van der Waals surface area contributed by atoms with Gasteiger partial charge in [0.1, 0.15) is 11.6 Å². The molecule has 1 heterocycles. The number of hydrogen-bond donors (Lipinski definition) is 1. The summed E-state index contributed by atoms with van der Waals surface area (Å²) in [4.78, 5) is 18.5. The van der Waals surface area contributed by atoms with E-state index in [1.165, 1.54) is 6.07 Å². The summed E-state index contributed by atoms with van der Waals surface area (Å²) in [5.74, 6) is 0.421. The van der Waals surface area contributed by atoms with Crippen molar-refractivity contribution in [2.75, 3.05) is 24.5 Å². The largest absolute Gasteiger partial charge is 0.357 e. The van der Waals surface area contributed by atoms with Gasteiger partial charge in [-0.05, 0) is 44.0 Å². The molecule has 0 radical (unpaired) electrons. The van der Waals surface area contributed by atoms with Crippen LogP contribution in [0.2, 0.25) is 0 Å². The number of nitrogens with zero attached hydrogens (tertiary/aromatic N) is 2. The van der Waals surface area contributed by atoms with E-state index in [1.54, 1.807) is 30.5 Å². The van der Waals surface area contributed by atoms with Crippen molar-refractivity contribution in [1.29, 1.82) is 0 Å². The van der Waals surface area contributed by atoms with Gasteiger partial charge < -0.3 is 10.2 Å². The van der Waals surface area contributed by atoms with E-state index in [0.717, 1.165) is 18.9 Å². The molecule has 0 atom stereocenters. The summed E-state index contributed by atoms with van der Waals surface area (Å²) >= 11 is 0. The Hall–Kier alpha value is -2.43. The molecule has 0 spiro atoms. The molecule has 0 saturated carbocycles. The molecule has 2 rings (SSSR count). The summed E-state index contributed by atoms with van der Waals surface area (Å²) in [6.07, 6.45) is 2.04. The molecule has 0 aliphatic carbocycles. The van der Waals surface area contributed by atoms with Crippen LogP contribution >= 0.6 is 0 Å². The Morgan fingerprint density at radius 2 is 1.91 bits per heavy atom. The number of pyridine rings is 1. The lowest BCUT2D eigenvalue weighted by Crippen LogP contribution is -2.27. The van der Waals surface area contributed by atoms with Gasteiger partial charge in [0, 0.05) is 25.8 Å². The molecule has 1 N–H and O–H groups in total. The van der Waals surface area contributed by atoms with Crippen molar-refractivity contribution in [3.8, 4) is 0 Å². The van der Waals surface area contributed by atoms with Crippen molar-refractivity contribution in [2.24, 2.45) is 0 Å². The van der Waals surface area contributed by atoms with Crippen LogP contribution in [0.1, 0.15) is 29.8 Å². The molecule has 0 unspecified atom stereocenters. The van der Waals surface area contributed by atoms with E-state index in [1.807, 2.05) is 6.07 Å². The maximum absolute atomic E-state index is 13.5. The van der Waals surface area contributed by atoms with Crippen LogP contribution in [0, 0.1) is 5.82 Å². The van der Waals surface area contributed by atoms with Crippen LogP contribution in [0.15, 0.2) is 42.6 Å². The molecule has 23 heavy (non-hydrogen) atoms. The van der Waals surface area contributed by atoms with Gasteiger partial charge in [0.25, 0.3) is 5.91 Å². The number of halogens is 1. The van der Waals surface area contributed by atoms with Crippen molar-refractivity contribution >= 4 is 11.7 Å². The topological polar surface area (TPSA) is 45.2 Å². The third-order valence-corrected chi connectivity index (χ3v) is 3.74. The van der Waals surface area contributed by atoms with Gasteiger partial charge in [0.05, 0.1) is 5.56 Å². The highest BCUT2D eigenvalue weighted by Crippen LogP contribution is 2.11. The number of rotatable bonds is 7. The molecule has 1 amide bonds. The first-order chi connectivity index (χ1) is 11.2. The van der Waals surface area contributed by atoms with Gasteiger partial charge in [-0.3, -0.25) is 4.79 Å². The highest BCUT2D eigenvalue weighted by Gasteiger charge is 2.08. The van der Waals surface area contributed by atoms with Crippen molar-refractivity contribution in [1.82, 2.24) is 10.3 Å². The van der Waals surface area contributed by atoms with Crippen LogP contribution in [0.25, 0.3) is 0 Å². The molecule has 0 aliphatic rings. The minimum atomic E-state index is -0.244. The Balaban J connectivity index is 1.89. The predicted octanol–water partition coefficient (Wildman–Crippen LogP) is 3.04. The molecule has 0 aliphatic heterocycles. The van der Waals surface area contributed by atoms with Crippen molar-refractivity contribution in [3.05, 3.63) is 59.5 Å². The van der Waals surface area contributed by atoms with E-state index in [9.17, 15) is 9.18 Å². The highest BCUT2D eigenvalue weighted by molar-refractivity contribution is 5.94. The molecule has 0 saturated heterocycles. The maximum Gasteiger partial charge on any atom is 0.252 e. The minimum absolute atomic E-state index is 0.195. The normalized spacial score (nSPS) is 10.4. The quantitative estimate of drug-likeness (QED) is 0.854. The fraction of sp³-hybridized carbons (Fsp3) is 0.333. The van der Waals surface area contributed by atoms with E-state index < -0.39 is 0 Å². The van der Waals surface area contributed by atoms with E-state index in [-0.39, 0.29) is 11.7 Å². The third-order valence-electron chi connectivity index (χ3n) is 3.74. The summed E-state index contributed by atoms with van der Waals surface area (Å²) in [5.41, 5.74) is 1.11. The van der Waals surface area contributed by atoms with E-state index in [0.29, 0.717) is 24.1 Å². The molecular weight excluding hydrogens is 293 g/mol. The van der Waals surface area contributed by atoms with Crippen LogP contribution in [0.4, 0.5) is 10.2 Å². The number of anilines is 1. The molecule has 2 aromatic rings. The number of nitrogens with one attached hydrogen (secondary N) is 1. The number of hydrogen-bond acceptors (Lipinski definition) is 3. The summed E-state index contributed by atoms with van der Waals surface area (Å²) in [6.45, 7) is 6.26. The molecule has 1 aromatic heterocycles.